The summed E-state index contributed by atoms with van der Waals surface area (Å²) < 4.78 is 1.47. The Labute approximate surface area is 198 Å². The number of carboxylic acid groups (broad SMARTS) is 1. The van der Waals surface area contributed by atoms with Crippen LogP contribution in [-0.4, -0.2) is 88.7 Å². The van der Waals surface area contributed by atoms with Gasteiger partial charge in [0, 0.05) is 23.9 Å². The van der Waals surface area contributed by atoms with Gasteiger partial charge in [-0.25, -0.2) is 14.5 Å². The summed E-state index contributed by atoms with van der Waals surface area (Å²) in [5.41, 5.74) is 6.17. The molecule has 4 N–H and O–H groups in total. The van der Waals surface area contributed by atoms with Crippen molar-refractivity contribution in [3.05, 3.63) is 22.3 Å². The van der Waals surface area contributed by atoms with E-state index in [0.717, 1.165) is 11.3 Å². The van der Waals surface area contributed by atoms with Gasteiger partial charge in [-0.15, -0.1) is 28.2 Å². The number of amides is 2. The number of thiazole rings is 1. The monoisotopic (exact) mass is 511 g/mol. The first-order valence-corrected chi connectivity index (χ1v) is 12.1. The van der Waals surface area contributed by atoms with Crippen LogP contribution in [0.3, 0.4) is 0 Å². The molecule has 2 amide bonds. The highest BCUT2D eigenvalue weighted by Crippen LogP contribution is 2.41. The van der Waals surface area contributed by atoms with Gasteiger partial charge in [0.15, 0.2) is 10.8 Å². The van der Waals surface area contributed by atoms with Gasteiger partial charge in [0.2, 0.25) is 5.16 Å². The quantitative estimate of drug-likeness (QED) is 0.172. The molecular formula is C16H17N9O5S3. The second kappa shape index (κ2) is 9.36. The maximum Gasteiger partial charge on any atom is 0.352 e. The number of β-lactam (4-membered cyclic amide) rings is 1. The van der Waals surface area contributed by atoms with Crippen molar-refractivity contribution in [1.29, 1.82) is 0 Å². The van der Waals surface area contributed by atoms with Crippen molar-refractivity contribution in [3.63, 3.8) is 0 Å². The van der Waals surface area contributed by atoms with Crippen LogP contribution in [0.15, 0.2) is 27.0 Å². The van der Waals surface area contributed by atoms with Crippen molar-refractivity contribution in [2.75, 3.05) is 24.3 Å². The molecule has 2 aromatic rings. The van der Waals surface area contributed by atoms with Crippen molar-refractivity contribution in [3.8, 4) is 0 Å². The van der Waals surface area contributed by atoms with Crippen LogP contribution in [0.25, 0.3) is 0 Å². The average molecular weight is 512 g/mol. The summed E-state index contributed by atoms with van der Waals surface area (Å²) in [4.78, 5) is 47.6. The Morgan fingerprint density at radius 1 is 1.48 bits per heavy atom. The van der Waals surface area contributed by atoms with E-state index < -0.39 is 29.2 Å². The van der Waals surface area contributed by atoms with Crippen molar-refractivity contribution >= 4 is 63.5 Å². The number of carbonyl (C=O) groups excluding carboxylic acids is 2. The molecule has 0 saturated carbocycles. The number of carbonyl (C=O) groups is 3. The third-order valence-electron chi connectivity index (χ3n) is 4.66. The summed E-state index contributed by atoms with van der Waals surface area (Å²) in [6.45, 7) is 0. The van der Waals surface area contributed by atoms with Gasteiger partial charge in [-0.3, -0.25) is 14.5 Å². The average Bonchev–Trinajstić information content (AvgIpc) is 3.40. The fraction of sp³-hybridized carbons (Fsp3) is 0.375. The maximum absolute atomic E-state index is 12.9. The van der Waals surface area contributed by atoms with E-state index in [9.17, 15) is 19.5 Å². The topological polar surface area (TPSA) is 191 Å². The number of aromatic nitrogens is 5. The maximum atomic E-state index is 12.9. The van der Waals surface area contributed by atoms with Gasteiger partial charge in [0.05, 0.1) is 0 Å². The third kappa shape index (κ3) is 4.38. The predicted molar refractivity (Wildman–Crippen MR) is 119 cm³/mol. The smallest absolute Gasteiger partial charge is 0.352 e. The minimum absolute atomic E-state index is 0.0880. The first-order chi connectivity index (χ1) is 15.8. The van der Waals surface area contributed by atoms with Crippen LogP contribution < -0.4 is 11.1 Å². The molecule has 2 aromatic heterocycles. The molecule has 4 heterocycles. The van der Waals surface area contributed by atoms with Crippen molar-refractivity contribution in [2.24, 2.45) is 12.2 Å². The number of thioether (sulfide) groups is 2. The normalized spacial score (nSPS) is 20.4. The van der Waals surface area contributed by atoms with E-state index >= 15 is 0 Å². The molecule has 14 nitrogen and oxygen atoms in total. The lowest BCUT2D eigenvalue weighted by atomic mass is 10.0. The summed E-state index contributed by atoms with van der Waals surface area (Å²) in [6.07, 6.45) is 0. The number of oxime groups is 1. The predicted octanol–water partition coefficient (Wildman–Crippen LogP) is -0.870. The van der Waals surface area contributed by atoms with Gasteiger partial charge in [-0.05, 0) is 16.0 Å². The van der Waals surface area contributed by atoms with Gasteiger partial charge >= 0.3 is 5.97 Å². The lowest BCUT2D eigenvalue weighted by Gasteiger charge is -2.49. The Bertz CT molecular complexity index is 1180. The zero-order valence-electron chi connectivity index (χ0n) is 17.2. The number of hydrogen-bond acceptors (Lipinski definition) is 13. The van der Waals surface area contributed by atoms with Gasteiger partial charge in [-0.1, -0.05) is 16.9 Å². The molecule has 1 fully saturated rings. The number of nitrogens with one attached hydrogen (secondary N) is 1. The Balaban J connectivity index is 1.49. The van der Waals surface area contributed by atoms with Crippen LogP contribution >= 0.6 is 34.9 Å². The minimum atomic E-state index is -1.22. The first-order valence-electron chi connectivity index (χ1n) is 9.20. The Morgan fingerprint density at radius 3 is 2.88 bits per heavy atom. The lowest BCUT2D eigenvalue weighted by molar-refractivity contribution is -0.150. The second-order valence-corrected chi connectivity index (χ2v) is 9.62. The van der Waals surface area contributed by atoms with E-state index in [1.807, 2.05) is 0 Å². The molecule has 2 aliphatic heterocycles. The van der Waals surface area contributed by atoms with E-state index in [0.29, 0.717) is 22.2 Å². The van der Waals surface area contributed by atoms with E-state index in [1.165, 1.54) is 40.2 Å². The number of nitrogens with two attached hydrogens (primary N) is 1. The summed E-state index contributed by atoms with van der Waals surface area (Å²) >= 11 is 3.75. The molecule has 2 aliphatic rings. The van der Waals surface area contributed by atoms with Crippen molar-refractivity contribution in [2.45, 2.75) is 16.6 Å². The molecule has 1 saturated heterocycles. The largest absolute Gasteiger partial charge is 0.477 e. The lowest BCUT2D eigenvalue weighted by Crippen LogP contribution is -2.71. The molecule has 0 aliphatic carbocycles. The molecule has 4 rings (SSSR count). The molecule has 2 atom stereocenters. The Morgan fingerprint density at radius 2 is 2.27 bits per heavy atom. The Kier molecular flexibility index (Phi) is 6.52. The minimum Gasteiger partial charge on any atom is -0.477 e. The van der Waals surface area contributed by atoms with E-state index in [1.54, 1.807) is 12.4 Å². The van der Waals surface area contributed by atoms with E-state index in [4.69, 9.17) is 10.6 Å². The van der Waals surface area contributed by atoms with Crippen LogP contribution in [0.2, 0.25) is 0 Å². The number of carboxylic acids is 1. The third-order valence-corrected chi connectivity index (χ3v) is 7.77. The van der Waals surface area contributed by atoms with Gasteiger partial charge < -0.3 is 21.0 Å². The first kappa shape index (κ1) is 23.0. The van der Waals surface area contributed by atoms with Gasteiger partial charge in [0.1, 0.15) is 29.9 Å². The van der Waals surface area contributed by atoms with Crippen LogP contribution in [0, 0.1) is 0 Å². The molecule has 17 heteroatoms. The summed E-state index contributed by atoms with van der Waals surface area (Å²) in [7, 11) is 2.95. The highest BCUT2D eigenvalue weighted by Gasteiger charge is 2.54. The number of aryl methyl sites for hydroxylation is 1. The second-order valence-electron chi connectivity index (χ2n) is 6.69. The van der Waals surface area contributed by atoms with E-state index in [-0.39, 0.29) is 22.2 Å². The van der Waals surface area contributed by atoms with Crippen molar-refractivity contribution in [1.82, 2.24) is 35.4 Å². The number of fused-ring (bicyclic) bond motifs is 1. The highest BCUT2D eigenvalue weighted by molar-refractivity contribution is 8.01. The molecular weight excluding hydrogens is 494 g/mol. The molecule has 0 radical (unpaired) electrons. The molecule has 33 heavy (non-hydrogen) atoms. The van der Waals surface area contributed by atoms with Crippen LogP contribution in [-0.2, 0) is 26.3 Å². The molecule has 2 unspecified atom stereocenters. The van der Waals surface area contributed by atoms with Crippen LogP contribution in [0.1, 0.15) is 5.69 Å². The molecule has 0 bridgehead atoms. The molecule has 0 aromatic carbocycles. The SMILES string of the molecule is CO/N=C(\C(=O)NC1C(=O)N2C(C(=O)O)=C(CSc3nnnn3C)CSC12)c1csc(N)n1. The van der Waals surface area contributed by atoms with Crippen LogP contribution in [0.5, 0.6) is 0 Å². The van der Waals surface area contributed by atoms with Crippen molar-refractivity contribution < 1.29 is 24.3 Å². The number of nitrogens with zero attached hydrogens (tertiary/aromatic N) is 7. The fourth-order valence-electron chi connectivity index (χ4n) is 3.19. The number of aliphatic carboxylic acids is 1. The number of rotatable bonds is 8. The molecule has 0 spiro atoms. The number of nitrogen functional groups attached to an aromatic ring is 1. The number of anilines is 1. The van der Waals surface area contributed by atoms with Gasteiger partial charge in [0.25, 0.3) is 11.8 Å². The zero-order chi connectivity index (χ0) is 23.7. The summed E-state index contributed by atoms with van der Waals surface area (Å²) in [5, 5.41) is 29.0. The summed E-state index contributed by atoms with van der Waals surface area (Å²) in [5.74, 6) is -1.77. The zero-order valence-corrected chi connectivity index (χ0v) is 19.6. The Hall–Kier alpha value is -3.18. The number of hydrogen-bond donors (Lipinski definition) is 3. The summed E-state index contributed by atoms with van der Waals surface area (Å²) in [6, 6.07) is -0.924. The van der Waals surface area contributed by atoms with Gasteiger partial charge in [-0.2, -0.15) is 0 Å². The fourth-order valence-corrected chi connectivity index (χ4v) is 6.07. The van der Waals surface area contributed by atoms with Crippen LogP contribution in [0.4, 0.5) is 5.13 Å². The highest BCUT2D eigenvalue weighted by atomic mass is 32.2. The number of tetrazole rings is 1. The van der Waals surface area contributed by atoms with E-state index in [2.05, 4.69) is 31.0 Å². The standard InChI is InChI=1S/C16H17N9O5S3/c1-24-16(20-22-23-24)33-4-6-3-31-13-9(12(27)25(13)10(6)14(28)29)19-11(26)8(21-30-2)7-5-32-15(17)18-7/h5,9,13H,3-4H2,1-2H3,(H2,17,18)(H,19,26)(H,28,29)/b21-8-. The molecule has 174 valence electrons.